The van der Waals surface area contributed by atoms with Crippen molar-refractivity contribution >= 4 is 65.2 Å². The number of hydrogen-bond acceptors (Lipinski definition) is 4. The first kappa shape index (κ1) is 30.3. The summed E-state index contributed by atoms with van der Waals surface area (Å²) in [6, 6.07) is 57.0. The summed E-state index contributed by atoms with van der Waals surface area (Å²) < 4.78 is 0. The predicted molar refractivity (Wildman–Crippen MR) is 224 cm³/mol. The van der Waals surface area contributed by atoms with E-state index < -0.39 is 0 Å². The zero-order valence-electron chi connectivity index (χ0n) is 29.1. The van der Waals surface area contributed by atoms with Crippen LogP contribution in [-0.2, 0) is 0 Å². The van der Waals surface area contributed by atoms with E-state index in [0.717, 1.165) is 43.6 Å². The minimum Gasteiger partial charge on any atom is -0.252 e. The van der Waals surface area contributed by atoms with Gasteiger partial charge in [-0.3, -0.25) is 19.9 Å². The summed E-state index contributed by atoms with van der Waals surface area (Å²) in [6.45, 7) is 0. The number of benzene rings is 9. The van der Waals surface area contributed by atoms with Crippen molar-refractivity contribution in [3.8, 4) is 44.5 Å². The van der Waals surface area contributed by atoms with Crippen LogP contribution >= 0.6 is 0 Å². The molecular weight excluding hydrogens is 657 g/mol. The third kappa shape index (κ3) is 4.85. The molecule has 0 saturated heterocycles. The molecule has 0 bridgehead atoms. The van der Waals surface area contributed by atoms with Gasteiger partial charge in [0.25, 0.3) is 0 Å². The molecule has 0 spiro atoms. The fraction of sp³-hybridized carbons (Fsp3) is 0. The van der Waals surface area contributed by atoms with Crippen molar-refractivity contribution in [3.05, 3.63) is 183 Å². The molecule has 0 aliphatic rings. The molecule has 2 aromatic heterocycles. The topological polar surface area (TPSA) is 51.6 Å². The van der Waals surface area contributed by atoms with E-state index in [2.05, 4.69) is 158 Å². The smallest absolute Gasteiger partial charge is 0.0971 e. The van der Waals surface area contributed by atoms with Crippen molar-refractivity contribution in [2.45, 2.75) is 0 Å². The van der Waals surface area contributed by atoms with Crippen molar-refractivity contribution in [2.75, 3.05) is 0 Å². The van der Waals surface area contributed by atoms with Crippen molar-refractivity contribution in [1.82, 2.24) is 19.9 Å². The fourth-order valence-corrected chi connectivity index (χ4v) is 8.25. The summed E-state index contributed by atoms with van der Waals surface area (Å²) in [7, 11) is 0. The first-order valence-electron chi connectivity index (χ1n) is 18.2. The van der Waals surface area contributed by atoms with Gasteiger partial charge >= 0.3 is 0 Å². The molecule has 0 amide bonds. The summed E-state index contributed by atoms with van der Waals surface area (Å²) in [5.74, 6) is 0. The molecule has 0 fully saturated rings. The van der Waals surface area contributed by atoms with Crippen LogP contribution in [0.25, 0.3) is 110 Å². The van der Waals surface area contributed by atoms with Gasteiger partial charge in [0, 0.05) is 46.3 Å². The van der Waals surface area contributed by atoms with Gasteiger partial charge in [-0.2, -0.15) is 0 Å². The largest absolute Gasteiger partial charge is 0.252 e. The van der Waals surface area contributed by atoms with Gasteiger partial charge in [-0.05, 0) is 96.4 Å². The maximum absolute atomic E-state index is 4.74. The molecule has 0 N–H and O–H groups in total. The van der Waals surface area contributed by atoms with E-state index in [9.17, 15) is 0 Å². The summed E-state index contributed by atoms with van der Waals surface area (Å²) in [6.07, 6.45) is 7.11. The second kappa shape index (κ2) is 12.1. The Balaban J connectivity index is 0.969. The molecule has 11 aromatic rings. The summed E-state index contributed by atoms with van der Waals surface area (Å²) in [4.78, 5) is 18.9. The lowest BCUT2D eigenvalue weighted by molar-refractivity contribution is 1.31. The Morgan fingerprint density at radius 2 is 0.481 bits per heavy atom. The van der Waals surface area contributed by atoms with Crippen molar-refractivity contribution < 1.29 is 0 Å². The van der Waals surface area contributed by atoms with Crippen LogP contribution in [0.3, 0.4) is 0 Å². The van der Waals surface area contributed by atoms with E-state index >= 15 is 0 Å². The predicted octanol–water partition coefficient (Wildman–Crippen LogP) is 12.9. The van der Waals surface area contributed by atoms with Crippen LogP contribution in [-0.4, -0.2) is 19.9 Å². The minimum absolute atomic E-state index is 0.935. The maximum atomic E-state index is 4.74. The van der Waals surface area contributed by atoms with Gasteiger partial charge < -0.3 is 0 Å². The molecule has 0 saturated carbocycles. The normalized spacial score (nSPS) is 11.7. The van der Waals surface area contributed by atoms with E-state index in [-0.39, 0.29) is 0 Å². The summed E-state index contributed by atoms with van der Waals surface area (Å²) in [5, 5.41) is 9.23. The molecule has 2 heterocycles. The second-order valence-corrected chi connectivity index (χ2v) is 13.9. The van der Waals surface area contributed by atoms with Crippen LogP contribution < -0.4 is 0 Å². The highest BCUT2D eigenvalue weighted by molar-refractivity contribution is 6.24. The second-order valence-electron chi connectivity index (χ2n) is 13.9. The van der Waals surface area contributed by atoms with E-state index in [1.807, 2.05) is 0 Å². The average molecular weight is 687 g/mol. The molecule has 0 radical (unpaired) electrons. The van der Waals surface area contributed by atoms with Gasteiger partial charge in [0.1, 0.15) is 0 Å². The molecule has 0 unspecified atom stereocenters. The highest BCUT2D eigenvalue weighted by atomic mass is 14.8. The molecule has 0 aliphatic carbocycles. The third-order valence-corrected chi connectivity index (χ3v) is 10.8. The van der Waals surface area contributed by atoms with Gasteiger partial charge in [-0.25, -0.2) is 0 Å². The van der Waals surface area contributed by atoms with Crippen molar-refractivity contribution in [1.29, 1.82) is 0 Å². The molecule has 4 heteroatoms. The van der Waals surface area contributed by atoms with E-state index in [4.69, 9.17) is 19.9 Å². The van der Waals surface area contributed by atoms with E-state index in [0.29, 0.717) is 0 Å². The fourth-order valence-electron chi connectivity index (χ4n) is 8.25. The van der Waals surface area contributed by atoms with Crippen LogP contribution in [0.1, 0.15) is 0 Å². The van der Waals surface area contributed by atoms with Crippen LogP contribution in [0.2, 0.25) is 0 Å². The maximum Gasteiger partial charge on any atom is 0.0971 e. The van der Waals surface area contributed by atoms with E-state index in [1.165, 1.54) is 66.1 Å². The molecule has 11 rings (SSSR count). The highest BCUT2D eigenvalue weighted by Crippen LogP contribution is 2.38. The molecule has 0 aliphatic heterocycles. The molecule has 4 nitrogen and oxygen atoms in total. The number of fused-ring (bicyclic) bond motifs is 12. The van der Waals surface area contributed by atoms with Crippen LogP contribution in [0.15, 0.2) is 183 Å². The molecule has 0 atom stereocenters. The zero-order valence-corrected chi connectivity index (χ0v) is 29.1. The number of hydrogen-bond donors (Lipinski definition) is 0. The lowest BCUT2D eigenvalue weighted by atomic mass is 9.92. The Labute approximate surface area is 311 Å². The van der Waals surface area contributed by atoms with Crippen LogP contribution in [0.5, 0.6) is 0 Å². The number of aromatic nitrogens is 4. The van der Waals surface area contributed by atoms with Gasteiger partial charge in [-0.15, -0.1) is 0 Å². The van der Waals surface area contributed by atoms with E-state index in [1.54, 1.807) is 24.8 Å². The minimum atomic E-state index is 0.935. The lowest BCUT2D eigenvalue weighted by Gasteiger charge is -2.12. The quantitative estimate of drug-likeness (QED) is 0.173. The van der Waals surface area contributed by atoms with Crippen molar-refractivity contribution in [2.24, 2.45) is 0 Å². The molecule has 9 aromatic carbocycles. The van der Waals surface area contributed by atoms with Gasteiger partial charge in [-0.1, -0.05) is 127 Å². The Bertz CT molecular complexity index is 3010. The van der Waals surface area contributed by atoms with Gasteiger partial charge in [0.2, 0.25) is 0 Å². The van der Waals surface area contributed by atoms with Gasteiger partial charge in [0.05, 0.1) is 22.1 Å². The number of rotatable bonds is 4. The average Bonchev–Trinajstić information content (AvgIpc) is 3.26. The summed E-state index contributed by atoms with van der Waals surface area (Å²) in [5.41, 5.74) is 13.2. The number of nitrogens with zero attached hydrogens (tertiary/aromatic N) is 4. The molecule has 250 valence electrons. The molecular formula is C50H30N4. The third-order valence-electron chi connectivity index (χ3n) is 10.8. The first-order chi connectivity index (χ1) is 26.8. The van der Waals surface area contributed by atoms with Crippen LogP contribution in [0, 0.1) is 0 Å². The standard InChI is InChI=1S/C50H30N4/c1-3-16-41-39(14-1)45-29-37(18-20-43(45)49-47(41)51-22-24-53-49)35-12-6-10-33(27-35)31-8-5-9-32(26-31)34-11-7-13-36(28-34)38-19-21-44-46(30-38)40-15-2-4-17-42(40)48-50(44)54-25-23-52-48/h1-30H. The Kier molecular flexibility index (Phi) is 6.82. The zero-order chi connectivity index (χ0) is 35.6. The van der Waals surface area contributed by atoms with Crippen molar-refractivity contribution in [3.63, 3.8) is 0 Å². The molecule has 54 heavy (non-hydrogen) atoms. The van der Waals surface area contributed by atoms with Gasteiger partial charge in [0.15, 0.2) is 0 Å². The monoisotopic (exact) mass is 686 g/mol. The lowest BCUT2D eigenvalue weighted by Crippen LogP contribution is -1.89. The Morgan fingerprint density at radius 3 is 0.815 bits per heavy atom. The Morgan fingerprint density at radius 1 is 0.204 bits per heavy atom. The highest BCUT2D eigenvalue weighted by Gasteiger charge is 2.14. The summed E-state index contributed by atoms with van der Waals surface area (Å²) >= 11 is 0. The Hall–Kier alpha value is -7.30. The van der Waals surface area contributed by atoms with Crippen LogP contribution in [0.4, 0.5) is 0 Å². The first-order valence-corrected chi connectivity index (χ1v) is 18.2. The SMILES string of the molecule is c1cc(-c2cccc(-c3ccc4c(c3)c3ccccc3c3nccnc43)c2)cc(-c2cccc(-c3ccc4c(c3)c3ccccc3c3nccnc43)c2)c1.